The molecule has 2 aromatic rings. The van der Waals surface area contributed by atoms with E-state index in [0.717, 1.165) is 11.4 Å². The summed E-state index contributed by atoms with van der Waals surface area (Å²) in [6, 6.07) is 7.36. The van der Waals surface area contributed by atoms with E-state index < -0.39 is 0 Å². The van der Waals surface area contributed by atoms with Crippen LogP contribution in [0.25, 0.3) is 0 Å². The standard InChI is InChI=1S/C12H12N2O2/c1-9-12(14-7-6-13-9)16-11-5-3-4-10(8-11)15-2/h3-8H,1-2H3. The number of rotatable bonds is 3. The molecule has 0 spiro atoms. The molecule has 4 heteroatoms. The molecule has 16 heavy (non-hydrogen) atoms. The van der Waals surface area contributed by atoms with Crippen LogP contribution in [0.4, 0.5) is 0 Å². The lowest BCUT2D eigenvalue weighted by atomic mass is 10.3. The molecule has 82 valence electrons. The molecule has 1 heterocycles. The second kappa shape index (κ2) is 4.61. The van der Waals surface area contributed by atoms with Crippen LogP contribution < -0.4 is 9.47 Å². The summed E-state index contributed by atoms with van der Waals surface area (Å²) in [6.07, 6.45) is 3.23. The first kappa shape index (κ1) is 10.4. The number of nitrogens with zero attached hydrogens (tertiary/aromatic N) is 2. The molecule has 0 aliphatic rings. The average Bonchev–Trinajstić information content (AvgIpc) is 2.32. The third kappa shape index (κ3) is 2.28. The lowest BCUT2D eigenvalue weighted by Crippen LogP contribution is -1.93. The van der Waals surface area contributed by atoms with Gasteiger partial charge in [-0.05, 0) is 19.1 Å². The van der Waals surface area contributed by atoms with E-state index in [9.17, 15) is 0 Å². The van der Waals surface area contributed by atoms with Gasteiger partial charge < -0.3 is 9.47 Å². The highest BCUT2D eigenvalue weighted by molar-refractivity contribution is 5.35. The maximum Gasteiger partial charge on any atom is 0.240 e. The fourth-order valence-electron chi connectivity index (χ4n) is 1.27. The van der Waals surface area contributed by atoms with E-state index in [-0.39, 0.29) is 0 Å². The highest BCUT2D eigenvalue weighted by Crippen LogP contribution is 2.24. The predicted octanol–water partition coefficient (Wildman–Crippen LogP) is 2.59. The fraction of sp³-hybridized carbons (Fsp3) is 0.167. The number of hydrogen-bond donors (Lipinski definition) is 0. The number of methoxy groups -OCH3 is 1. The first-order chi connectivity index (χ1) is 7.79. The summed E-state index contributed by atoms with van der Waals surface area (Å²) >= 11 is 0. The molecular formula is C12H12N2O2. The Bertz CT molecular complexity index is 486. The van der Waals surface area contributed by atoms with Crippen LogP contribution in [0.2, 0.25) is 0 Å². The van der Waals surface area contributed by atoms with Gasteiger partial charge in [0, 0.05) is 18.5 Å². The average molecular weight is 216 g/mol. The smallest absolute Gasteiger partial charge is 0.240 e. The quantitative estimate of drug-likeness (QED) is 0.791. The van der Waals surface area contributed by atoms with Crippen LogP contribution in [0, 0.1) is 6.92 Å². The van der Waals surface area contributed by atoms with Crippen LogP contribution in [-0.2, 0) is 0 Å². The van der Waals surface area contributed by atoms with Gasteiger partial charge in [0.2, 0.25) is 5.88 Å². The van der Waals surface area contributed by atoms with Crippen molar-refractivity contribution in [1.82, 2.24) is 9.97 Å². The molecule has 2 rings (SSSR count). The summed E-state index contributed by atoms with van der Waals surface area (Å²) in [7, 11) is 1.62. The molecule has 0 amide bonds. The molecule has 0 aliphatic heterocycles. The zero-order valence-electron chi connectivity index (χ0n) is 9.18. The minimum atomic E-state index is 0.510. The second-order valence-corrected chi connectivity index (χ2v) is 3.23. The van der Waals surface area contributed by atoms with Gasteiger partial charge in [-0.15, -0.1) is 0 Å². The summed E-state index contributed by atoms with van der Waals surface area (Å²) in [5, 5.41) is 0. The molecule has 1 aromatic carbocycles. The molecule has 4 nitrogen and oxygen atoms in total. The Morgan fingerprint density at radius 2 is 1.81 bits per heavy atom. The molecule has 0 saturated carbocycles. The molecule has 0 atom stereocenters. The number of ether oxygens (including phenoxy) is 2. The summed E-state index contributed by atoms with van der Waals surface area (Å²) in [6.45, 7) is 1.85. The Balaban J connectivity index is 2.24. The number of hydrogen-bond acceptors (Lipinski definition) is 4. The molecule has 0 unspecified atom stereocenters. The largest absolute Gasteiger partial charge is 0.497 e. The van der Waals surface area contributed by atoms with Crippen molar-refractivity contribution in [3.63, 3.8) is 0 Å². The predicted molar refractivity (Wildman–Crippen MR) is 59.8 cm³/mol. The Hall–Kier alpha value is -2.10. The van der Waals surface area contributed by atoms with Crippen LogP contribution in [0.5, 0.6) is 17.4 Å². The van der Waals surface area contributed by atoms with Gasteiger partial charge in [-0.1, -0.05) is 6.07 Å². The first-order valence-corrected chi connectivity index (χ1v) is 4.89. The SMILES string of the molecule is COc1cccc(Oc2nccnc2C)c1. The van der Waals surface area contributed by atoms with E-state index in [2.05, 4.69) is 9.97 Å². The summed E-state index contributed by atoms with van der Waals surface area (Å²) in [5.41, 5.74) is 0.755. The van der Waals surface area contributed by atoms with Crippen LogP contribution in [0.3, 0.4) is 0 Å². The second-order valence-electron chi connectivity index (χ2n) is 3.23. The Morgan fingerprint density at radius 3 is 2.56 bits per heavy atom. The lowest BCUT2D eigenvalue weighted by molar-refractivity contribution is 0.406. The van der Waals surface area contributed by atoms with Gasteiger partial charge in [0.05, 0.1) is 12.8 Å². The molecule has 0 bridgehead atoms. The van der Waals surface area contributed by atoms with Crippen molar-refractivity contribution < 1.29 is 9.47 Å². The van der Waals surface area contributed by atoms with Gasteiger partial charge in [0.1, 0.15) is 11.5 Å². The van der Waals surface area contributed by atoms with Crippen molar-refractivity contribution in [1.29, 1.82) is 0 Å². The highest BCUT2D eigenvalue weighted by Gasteiger charge is 2.03. The van der Waals surface area contributed by atoms with E-state index in [4.69, 9.17) is 9.47 Å². The third-order valence-electron chi connectivity index (χ3n) is 2.09. The molecular weight excluding hydrogens is 204 g/mol. The molecule has 0 fully saturated rings. The van der Waals surface area contributed by atoms with E-state index in [0.29, 0.717) is 11.6 Å². The normalized spacial score (nSPS) is 9.88. The Kier molecular flexibility index (Phi) is 3.00. The summed E-state index contributed by atoms with van der Waals surface area (Å²) < 4.78 is 10.7. The number of benzene rings is 1. The van der Waals surface area contributed by atoms with E-state index in [1.165, 1.54) is 0 Å². The van der Waals surface area contributed by atoms with Crippen molar-refractivity contribution in [2.45, 2.75) is 6.92 Å². The van der Waals surface area contributed by atoms with Gasteiger partial charge in [-0.3, -0.25) is 4.98 Å². The van der Waals surface area contributed by atoms with Gasteiger partial charge in [-0.2, -0.15) is 0 Å². The fourth-order valence-corrected chi connectivity index (χ4v) is 1.27. The zero-order valence-corrected chi connectivity index (χ0v) is 9.18. The first-order valence-electron chi connectivity index (χ1n) is 4.89. The lowest BCUT2D eigenvalue weighted by Gasteiger charge is -2.07. The van der Waals surface area contributed by atoms with E-state index >= 15 is 0 Å². The topological polar surface area (TPSA) is 44.2 Å². The van der Waals surface area contributed by atoms with Crippen LogP contribution in [-0.4, -0.2) is 17.1 Å². The van der Waals surface area contributed by atoms with Crippen LogP contribution >= 0.6 is 0 Å². The third-order valence-corrected chi connectivity index (χ3v) is 2.09. The van der Waals surface area contributed by atoms with Gasteiger partial charge in [0.15, 0.2) is 0 Å². The van der Waals surface area contributed by atoms with Gasteiger partial charge in [0.25, 0.3) is 0 Å². The van der Waals surface area contributed by atoms with Crippen molar-refractivity contribution in [2.75, 3.05) is 7.11 Å². The van der Waals surface area contributed by atoms with Crippen LogP contribution in [0.1, 0.15) is 5.69 Å². The van der Waals surface area contributed by atoms with Crippen LogP contribution in [0.15, 0.2) is 36.7 Å². The molecule has 0 radical (unpaired) electrons. The maximum absolute atomic E-state index is 5.60. The monoisotopic (exact) mass is 216 g/mol. The maximum atomic E-state index is 5.60. The molecule has 0 N–H and O–H groups in total. The van der Waals surface area contributed by atoms with Gasteiger partial charge >= 0.3 is 0 Å². The van der Waals surface area contributed by atoms with Crippen molar-refractivity contribution in [3.8, 4) is 17.4 Å². The summed E-state index contributed by atoms with van der Waals surface area (Å²) in [5.74, 6) is 1.94. The van der Waals surface area contributed by atoms with Gasteiger partial charge in [-0.25, -0.2) is 4.98 Å². The van der Waals surface area contributed by atoms with Crippen molar-refractivity contribution in [3.05, 3.63) is 42.4 Å². The highest BCUT2D eigenvalue weighted by atomic mass is 16.5. The molecule has 1 aromatic heterocycles. The minimum absolute atomic E-state index is 0.510. The summed E-state index contributed by atoms with van der Waals surface area (Å²) in [4.78, 5) is 8.20. The Morgan fingerprint density at radius 1 is 1.06 bits per heavy atom. The number of aromatic nitrogens is 2. The van der Waals surface area contributed by atoms with Crippen molar-refractivity contribution >= 4 is 0 Å². The zero-order chi connectivity index (χ0) is 11.4. The minimum Gasteiger partial charge on any atom is -0.497 e. The molecule has 0 saturated heterocycles. The van der Waals surface area contributed by atoms with E-state index in [1.807, 2.05) is 25.1 Å². The Labute approximate surface area is 93.9 Å². The molecule has 0 aliphatic carbocycles. The van der Waals surface area contributed by atoms with E-state index in [1.54, 1.807) is 25.6 Å². The number of aryl methyl sites for hydroxylation is 1. The van der Waals surface area contributed by atoms with Crippen molar-refractivity contribution in [2.24, 2.45) is 0 Å².